The number of aliphatic hydroxyl groups excluding tert-OH is 1. The highest BCUT2D eigenvalue weighted by Gasteiger charge is 2.10. The lowest BCUT2D eigenvalue weighted by molar-refractivity contribution is 0.282. The maximum Gasteiger partial charge on any atom is 0.124 e. The van der Waals surface area contributed by atoms with E-state index in [2.05, 4.69) is 5.32 Å². The standard InChI is InChI=1S/C15H17NO3/c1-10(14-7-6-13(18)8-15(14)19)16-12-4-2-11(9-17)3-5-12/h2-8,10,16-19H,9H2,1H3. The minimum atomic E-state index is -0.0967. The van der Waals surface area contributed by atoms with Crippen LogP contribution in [0.3, 0.4) is 0 Å². The SMILES string of the molecule is CC(Nc1ccc(CO)cc1)c1ccc(O)cc1O. The molecule has 100 valence electrons. The maximum absolute atomic E-state index is 9.79. The Bertz CT molecular complexity index is 552. The Labute approximate surface area is 112 Å². The average molecular weight is 259 g/mol. The van der Waals surface area contributed by atoms with Crippen molar-refractivity contribution < 1.29 is 15.3 Å². The average Bonchev–Trinajstić information content (AvgIpc) is 2.39. The van der Waals surface area contributed by atoms with E-state index >= 15 is 0 Å². The molecule has 0 aliphatic rings. The molecule has 1 unspecified atom stereocenters. The second-order valence-electron chi connectivity index (χ2n) is 4.46. The zero-order valence-electron chi connectivity index (χ0n) is 10.7. The zero-order chi connectivity index (χ0) is 13.8. The highest BCUT2D eigenvalue weighted by molar-refractivity contribution is 5.49. The molecule has 0 fully saturated rings. The van der Waals surface area contributed by atoms with Crippen molar-refractivity contribution >= 4 is 5.69 Å². The highest BCUT2D eigenvalue weighted by atomic mass is 16.3. The number of phenolic OH excluding ortho intramolecular Hbond substituents is 2. The van der Waals surface area contributed by atoms with Gasteiger partial charge in [-0.2, -0.15) is 0 Å². The number of benzene rings is 2. The Hall–Kier alpha value is -2.20. The van der Waals surface area contributed by atoms with Crippen LogP contribution >= 0.6 is 0 Å². The molecular weight excluding hydrogens is 242 g/mol. The largest absolute Gasteiger partial charge is 0.508 e. The predicted octanol–water partition coefficient (Wildman–Crippen LogP) is 2.76. The Morgan fingerprint density at radius 1 is 1.05 bits per heavy atom. The van der Waals surface area contributed by atoms with Crippen LogP contribution in [0.15, 0.2) is 42.5 Å². The van der Waals surface area contributed by atoms with E-state index in [1.165, 1.54) is 6.07 Å². The molecule has 0 bridgehead atoms. The first kappa shape index (κ1) is 13.2. The van der Waals surface area contributed by atoms with Gasteiger partial charge in [-0.05, 0) is 36.8 Å². The van der Waals surface area contributed by atoms with Crippen molar-refractivity contribution in [1.82, 2.24) is 0 Å². The molecule has 0 saturated carbocycles. The van der Waals surface area contributed by atoms with Crippen LogP contribution in [0.1, 0.15) is 24.1 Å². The molecule has 0 aromatic heterocycles. The lowest BCUT2D eigenvalue weighted by Gasteiger charge is -2.17. The van der Waals surface area contributed by atoms with E-state index in [-0.39, 0.29) is 24.1 Å². The summed E-state index contributed by atoms with van der Waals surface area (Å²) < 4.78 is 0. The summed E-state index contributed by atoms with van der Waals surface area (Å²) in [6.07, 6.45) is 0. The van der Waals surface area contributed by atoms with Crippen LogP contribution in [-0.4, -0.2) is 15.3 Å². The van der Waals surface area contributed by atoms with E-state index in [1.54, 1.807) is 12.1 Å². The molecular formula is C15H17NO3. The summed E-state index contributed by atoms with van der Waals surface area (Å²) in [7, 11) is 0. The Kier molecular flexibility index (Phi) is 3.92. The van der Waals surface area contributed by atoms with Gasteiger partial charge in [0.25, 0.3) is 0 Å². The van der Waals surface area contributed by atoms with Crippen molar-refractivity contribution in [2.45, 2.75) is 19.6 Å². The molecule has 4 N–H and O–H groups in total. The molecule has 0 spiro atoms. The molecule has 2 aromatic carbocycles. The number of aliphatic hydroxyl groups is 1. The first-order chi connectivity index (χ1) is 9.10. The molecule has 4 nitrogen and oxygen atoms in total. The third-order valence-electron chi connectivity index (χ3n) is 3.00. The van der Waals surface area contributed by atoms with Gasteiger partial charge >= 0.3 is 0 Å². The van der Waals surface area contributed by atoms with E-state index in [9.17, 15) is 10.2 Å². The van der Waals surface area contributed by atoms with Crippen LogP contribution in [0, 0.1) is 0 Å². The van der Waals surface area contributed by atoms with Crippen LogP contribution in [0.2, 0.25) is 0 Å². The number of hydrogen-bond acceptors (Lipinski definition) is 4. The Morgan fingerprint density at radius 2 is 1.74 bits per heavy atom. The molecule has 0 aliphatic carbocycles. The fourth-order valence-electron chi connectivity index (χ4n) is 1.93. The summed E-state index contributed by atoms with van der Waals surface area (Å²) in [4.78, 5) is 0. The van der Waals surface area contributed by atoms with Gasteiger partial charge < -0.3 is 20.6 Å². The summed E-state index contributed by atoms with van der Waals surface area (Å²) in [6.45, 7) is 1.95. The van der Waals surface area contributed by atoms with Crippen LogP contribution in [-0.2, 0) is 6.61 Å². The molecule has 1 atom stereocenters. The molecule has 0 saturated heterocycles. The van der Waals surface area contributed by atoms with E-state index < -0.39 is 0 Å². The van der Waals surface area contributed by atoms with Crippen LogP contribution < -0.4 is 5.32 Å². The lowest BCUT2D eigenvalue weighted by atomic mass is 10.1. The van der Waals surface area contributed by atoms with Crippen LogP contribution in [0.5, 0.6) is 11.5 Å². The third-order valence-corrected chi connectivity index (χ3v) is 3.00. The van der Waals surface area contributed by atoms with Crippen molar-refractivity contribution in [3.8, 4) is 11.5 Å². The van der Waals surface area contributed by atoms with Crippen molar-refractivity contribution in [2.24, 2.45) is 0 Å². The number of rotatable bonds is 4. The van der Waals surface area contributed by atoms with E-state index in [4.69, 9.17) is 5.11 Å². The summed E-state index contributed by atoms with van der Waals surface area (Å²) in [5.74, 6) is 0.104. The van der Waals surface area contributed by atoms with Gasteiger partial charge in [0.2, 0.25) is 0 Å². The van der Waals surface area contributed by atoms with Gasteiger partial charge in [0, 0.05) is 17.3 Å². The smallest absolute Gasteiger partial charge is 0.124 e. The minimum absolute atomic E-state index is 0.0224. The molecule has 0 aliphatic heterocycles. The fraction of sp³-hybridized carbons (Fsp3) is 0.200. The molecule has 0 amide bonds. The topological polar surface area (TPSA) is 72.7 Å². The van der Waals surface area contributed by atoms with Crippen molar-refractivity contribution in [1.29, 1.82) is 0 Å². The lowest BCUT2D eigenvalue weighted by Crippen LogP contribution is -2.06. The molecule has 2 rings (SSSR count). The first-order valence-electron chi connectivity index (χ1n) is 6.08. The number of aromatic hydroxyl groups is 2. The number of nitrogens with one attached hydrogen (secondary N) is 1. The number of anilines is 1. The predicted molar refractivity (Wildman–Crippen MR) is 74.2 cm³/mol. The van der Waals surface area contributed by atoms with Gasteiger partial charge in [0.1, 0.15) is 11.5 Å². The highest BCUT2D eigenvalue weighted by Crippen LogP contribution is 2.29. The van der Waals surface area contributed by atoms with Gasteiger partial charge in [-0.1, -0.05) is 12.1 Å². The summed E-state index contributed by atoms with van der Waals surface area (Å²) >= 11 is 0. The zero-order valence-corrected chi connectivity index (χ0v) is 10.7. The van der Waals surface area contributed by atoms with Gasteiger partial charge in [-0.3, -0.25) is 0 Å². The third kappa shape index (κ3) is 3.17. The minimum Gasteiger partial charge on any atom is -0.508 e. The van der Waals surface area contributed by atoms with E-state index in [0.29, 0.717) is 5.56 Å². The Balaban J connectivity index is 2.13. The van der Waals surface area contributed by atoms with Crippen LogP contribution in [0.25, 0.3) is 0 Å². The molecule has 0 radical (unpaired) electrons. The van der Waals surface area contributed by atoms with Gasteiger partial charge in [-0.15, -0.1) is 0 Å². The quantitative estimate of drug-likeness (QED) is 0.681. The molecule has 2 aromatic rings. The summed E-state index contributed by atoms with van der Waals surface area (Å²) in [6, 6.07) is 11.9. The normalized spacial score (nSPS) is 12.1. The summed E-state index contributed by atoms with van der Waals surface area (Å²) in [5.41, 5.74) is 2.46. The van der Waals surface area contributed by atoms with Gasteiger partial charge in [0.05, 0.1) is 12.6 Å². The first-order valence-corrected chi connectivity index (χ1v) is 6.08. The number of hydrogen-bond donors (Lipinski definition) is 4. The van der Waals surface area contributed by atoms with Gasteiger partial charge in [-0.25, -0.2) is 0 Å². The van der Waals surface area contributed by atoms with Crippen molar-refractivity contribution in [3.05, 3.63) is 53.6 Å². The van der Waals surface area contributed by atoms with E-state index in [1.807, 2.05) is 31.2 Å². The Morgan fingerprint density at radius 3 is 2.32 bits per heavy atom. The molecule has 4 heteroatoms. The van der Waals surface area contributed by atoms with Crippen molar-refractivity contribution in [2.75, 3.05) is 5.32 Å². The second-order valence-corrected chi connectivity index (χ2v) is 4.46. The maximum atomic E-state index is 9.79. The molecule has 0 heterocycles. The monoisotopic (exact) mass is 259 g/mol. The fourth-order valence-corrected chi connectivity index (χ4v) is 1.93. The van der Waals surface area contributed by atoms with Crippen molar-refractivity contribution in [3.63, 3.8) is 0 Å². The number of phenols is 2. The summed E-state index contributed by atoms with van der Waals surface area (Å²) in [5, 5.41) is 31.3. The van der Waals surface area contributed by atoms with E-state index in [0.717, 1.165) is 11.3 Å². The van der Waals surface area contributed by atoms with Gasteiger partial charge in [0.15, 0.2) is 0 Å². The molecule has 19 heavy (non-hydrogen) atoms. The van der Waals surface area contributed by atoms with Crippen LogP contribution in [0.4, 0.5) is 5.69 Å². The second kappa shape index (κ2) is 5.63.